The molecule has 108 valence electrons. The molecule has 5 heteroatoms. The SMILES string of the molecule is [2H]C([2H])([2H])N(CCc1c[nH]c2cccc(OC(=O)N(C)C)c12)C([2H])([2H])[2H]. The largest absolute Gasteiger partial charge is 0.414 e. The summed E-state index contributed by atoms with van der Waals surface area (Å²) >= 11 is 0. The van der Waals surface area contributed by atoms with Gasteiger partial charge in [0.05, 0.1) is 0 Å². The number of carbonyl (C=O) groups excluding carboxylic acids is 1. The predicted molar refractivity (Wildman–Crippen MR) is 80.3 cm³/mol. The Morgan fingerprint density at radius 1 is 1.40 bits per heavy atom. The van der Waals surface area contributed by atoms with Crippen LogP contribution < -0.4 is 4.74 Å². The zero-order chi connectivity index (χ0) is 19.7. The van der Waals surface area contributed by atoms with Crippen LogP contribution in [0.15, 0.2) is 24.4 Å². The van der Waals surface area contributed by atoms with Crippen LogP contribution in [0.3, 0.4) is 0 Å². The maximum atomic E-state index is 11.9. The second-order valence-corrected chi connectivity index (χ2v) is 4.66. The molecule has 1 amide bonds. The second-order valence-electron chi connectivity index (χ2n) is 4.66. The highest BCUT2D eigenvalue weighted by atomic mass is 16.6. The minimum absolute atomic E-state index is 0.160. The summed E-state index contributed by atoms with van der Waals surface area (Å²) in [6, 6.07) is 5.14. The first-order valence-electron chi connectivity index (χ1n) is 9.17. The molecular formula is C15H21N3O2. The number of hydrogen-bond acceptors (Lipinski definition) is 3. The van der Waals surface area contributed by atoms with Crippen molar-refractivity contribution < 1.29 is 17.8 Å². The molecule has 1 N–H and O–H groups in total. The normalized spacial score (nSPS) is 16.8. The van der Waals surface area contributed by atoms with E-state index in [1.54, 1.807) is 38.5 Å². The maximum Gasteiger partial charge on any atom is 0.414 e. The van der Waals surface area contributed by atoms with Crippen molar-refractivity contribution in [3.63, 3.8) is 0 Å². The molecule has 0 saturated heterocycles. The van der Waals surface area contributed by atoms with Crippen LogP contribution in [0.25, 0.3) is 10.9 Å². The Balaban J connectivity index is 2.31. The van der Waals surface area contributed by atoms with Gasteiger partial charge < -0.3 is 19.5 Å². The van der Waals surface area contributed by atoms with E-state index in [4.69, 9.17) is 13.0 Å². The van der Waals surface area contributed by atoms with Gasteiger partial charge in [-0.25, -0.2) is 4.79 Å². The predicted octanol–water partition coefficient (Wildman–Crippen LogP) is 2.33. The quantitative estimate of drug-likeness (QED) is 0.935. The van der Waals surface area contributed by atoms with Crippen LogP contribution in [0.1, 0.15) is 13.8 Å². The number of rotatable bonds is 4. The molecule has 0 aliphatic carbocycles. The van der Waals surface area contributed by atoms with Crippen molar-refractivity contribution in [1.29, 1.82) is 0 Å². The summed E-state index contributed by atoms with van der Waals surface area (Å²) in [6.07, 6.45) is 1.28. The lowest BCUT2D eigenvalue weighted by Crippen LogP contribution is -2.25. The van der Waals surface area contributed by atoms with Crippen molar-refractivity contribution in [3.05, 3.63) is 30.0 Å². The zero-order valence-corrected chi connectivity index (χ0v) is 11.4. The van der Waals surface area contributed by atoms with Gasteiger partial charge in [0.15, 0.2) is 0 Å². The molecule has 2 aromatic rings. The number of nitrogens with one attached hydrogen (secondary N) is 1. The van der Waals surface area contributed by atoms with Crippen molar-refractivity contribution >= 4 is 17.0 Å². The van der Waals surface area contributed by atoms with Gasteiger partial charge in [0.25, 0.3) is 0 Å². The fourth-order valence-electron chi connectivity index (χ4n) is 1.92. The second kappa shape index (κ2) is 5.96. The molecule has 0 fully saturated rings. The molecule has 1 aromatic carbocycles. The molecular weight excluding hydrogens is 254 g/mol. The zero-order valence-electron chi connectivity index (χ0n) is 17.4. The summed E-state index contributed by atoms with van der Waals surface area (Å²) in [6.45, 7) is -5.68. The number of aromatic nitrogens is 1. The third-order valence-electron chi connectivity index (χ3n) is 2.92. The fraction of sp³-hybridized carbons (Fsp3) is 0.400. The van der Waals surface area contributed by atoms with Gasteiger partial charge in [0.2, 0.25) is 0 Å². The van der Waals surface area contributed by atoms with E-state index in [0.717, 1.165) is 0 Å². The van der Waals surface area contributed by atoms with E-state index >= 15 is 0 Å². The lowest BCUT2D eigenvalue weighted by molar-refractivity contribution is 0.172. The first-order valence-corrected chi connectivity index (χ1v) is 6.17. The van der Waals surface area contributed by atoms with Gasteiger partial charge in [-0.2, -0.15) is 0 Å². The van der Waals surface area contributed by atoms with Crippen LogP contribution in [0, 0.1) is 0 Å². The van der Waals surface area contributed by atoms with Crippen molar-refractivity contribution in [2.45, 2.75) is 6.42 Å². The molecule has 0 aliphatic heterocycles. The highest BCUT2D eigenvalue weighted by Crippen LogP contribution is 2.29. The van der Waals surface area contributed by atoms with Gasteiger partial charge >= 0.3 is 6.09 Å². The minimum atomic E-state index is -2.74. The van der Waals surface area contributed by atoms with Crippen molar-refractivity contribution in [3.8, 4) is 5.75 Å². The first kappa shape index (κ1) is 8.32. The van der Waals surface area contributed by atoms with E-state index in [2.05, 4.69) is 4.98 Å². The van der Waals surface area contributed by atoms with Gasteiger partial charge in [-0.1, -0.05) is 6.07 Å². The van der Waals surface area contributed by atoms with Gasteiger partial charge in [-0.05, 0) is 38.1 Å². The van der Waals surface area contributed by atoms with Gasteiger partial charge in [0.1, 0.15) is 5.75 Å². The fourth-order valence-corrected chi connectivity index (χ4v) is 1.92. The van der Waals surface area contributed by atoms with Crippen LogP contribution in [0.2, 0.25) is 0 Å². The monoisotopic (exact) mass is 281 g/mol. The Labute approximate surface area is 127 Å². The molecule has 0 radical (unpaired) electrons. The number of ether oxygens (including phenoxy) is 1. The first-order chi connectivity index (χ1) is 11.9. The van der Waals surface area contributed by atoms with Gasteiger partial charge in [0, 0.05) is 46.0 Å². The lowest BCUT2D eigenvalue weighted by Gasteiger charge is -2.13. The van der Waals surface area contributed by atoms with E-state index in [1.807, 2.05) is 0 Å². The number of hydrogen-bond donors (Lipinski definition) is 1. The summed E-state index contributed by atoms with van der Waals surface area (Å²) in [5.41, 5.74) is 1.37. The van der Waals surface area contributed by atoms with Crippen LogP contribution in [0.5, 0.6) is 5.75 Å². The van der Waals surface area contributed by atoms with E-state index in [-0.39, 0.29) is 13.0 Å². The minimum Gasteiger partial charge on any atom is -0.409 e. The van der Waals surface area contributed by atoms with Gasteiger partial charge in [-0.15, -0.1) is 0 Å². The molecule has 1 heterocycles. The highest BCUT2D eigenvalue weighted by molar-refractivity contribution is 5.91. The average Bonchev–Trinajstić information content (AvgIpc) is 2.89. The Bertz CT molecular complexity index is 768. The lowest BCUT2D eigenvalue weighted by atomic mass is 10.1. The summed E-state index contributed by atoms with van der Waals surface area (Å²) < 4.78 is 50.0. The van der Waals surface area contributed by atoms with Crippen LogP contribution >= 0.6 is 0 Å². The number of aromatic amines is 1. The number of H-pyrrole nitrogens is 1. The average molecular weight is 281 g/mol. The molecule has 0 spiro atoms. The number of likely N-dealkylation sites (N-methyl/N-ethyl adjacent to an activating group) is 1. The van der Waals surface area contributed by atoms with Crippen LogP contribution in [-0.4, -0.2) is 55.5 Å². The molecule has 20 heavy (non-hydrogen) atoms. The third-order valence-corrected chi connectivity index (χ3v) is 2.92. The molecule has 0 bridgehead atoms. The number of benzene rings is 1. The third kappa shape index (κ3) is 3.11. The molecule has 2 rings (SSSR count). The van der Waals surface area contributed by atoms with E-state index in [1.165, 1.54) is 4.90 Å². The number of amides is 1. The van der Waals surface area contributed by atoms with E-state index in [0.29, 0.717) is 27.1 Å². The van der Waals surface area contributed by atoms with Crippen molar-refractivity contribution in [2.75, 3.05) is 34.6 Å². The van der Waals surface area contributed by atoms with Gasteiger partial charge in [-0.3, -0.25) is 0 Å². The number of carbonyl (C=O) groups is 1. The molecule has 0 atom stereocenters. The molecule has 1 aromatic heterocycles. The van der Waals surface area contributed by atoms with E-state index < -0.39 is 20.0 Å². The Morgan fingerprint density at radius 2 is 2.20 bits per heavy atom. The molecule has 0 saturated carbocycles. The molecule has 5 nitrogen and oxygen atoms in total. The smallest absolute Gasteiger partial charge is 0.409 e. The highest BCUT2D eigenvalue weighted by Gasteiger charge is 2.13. The summed E-state index contributed by atoms with van der Waals surface area (Å²) in [7, 11) is 3.12. The van der Waals surface area contributed by atoms with Crippen molar-refractivity contribution in [1.82, 2.24) is 14.8 Å². The number of fused-ring (bicyclic) bond motifs is 1. The summed E-state index contributed by atoms with van der Waals surface area (Å²) in [4.78, 5) is 16.7. The molecule has 0 aliphatic rings. The standard InChI is InChI=1S/C15H21N3O2/c1-17(2)9-8-11-10-16-12-6-5-7-13(14(11)12)20-15(19)18(3)4/h5-7,10,16H,8-9H2,1-4H3/i1D3,2D3. The maximum absolute atomic E-state index is 11.9. The Morgan fingerprint density at radius 3 is 2.90 bits per heavy atom. The van der Waals surface area contributed by atoms with Crippen molar-refractivity contribution in [2.24, 2.45) is 0 Å². The topological polar surface area (TPSA) is 48.6 Å². The van der Waals surface area contributed by atoms with Crippen LogP contribution in [-0.2, 0) is 6.42 Å². The summed E-state index contributed by atoms with van der Waals surface area (Å²) in [5.74, 6) is 0.326. The molecule has 0 unspecified atom stereocenters. The Hall–Kier alpha value is -2.01. The van der Waals surface area contributed by atoms with E-state index in [9.17, 15) is 4.79 Å². The Kier molecular flexibility index (Phi) is 2.48. The van der Waals surface area contributed by atoms with Crippen LogP contribution in [0.4, 0.5) is 4.79 Å². The summed E-state index contributed by atoms with van der Waals surface area (Å²) in [5, 5.41) is 0.624. The number of nitrogens with zero attached hydrogens (tertiary/aromatic N) is 2.